The van der Waals surface area contributed by atoms with E-state index in [0.717, 1.165) is 17.2 Å². The first kappa shape index (κ1) is 13.6. The predicted molar refractivity (Wildman–Crippen MR) is 75.9 cm³/mol. The molecule has 2 rings (SSSR count). The number of nitrogens with one attached hydrogen (secondary N) is 1. The molecule has 1 aromatic carbocycles. The van der Waals surface area contributed by atoms with E-state index in [1.165, 1.54) is 12.1 Å². The molecule has 19 heavy (non-hydrogen) atoms. The smallest absolute Gasteiger partial charge is 0.203 e. The van der Waals surface area contributed by atoms with Gasteiger partial charge in [0.15, 0.2) is 0 Å². The van der Waals surface area contributed by atoms with Crippen molar-refractivity contribution >= 4 is 5.95 Å². The molecule has 0 amide bonds. The minimum absolute atomic E-state index is 0.114. The Morgan fingerprint density at radius 2 is 1.79 bits per heavy atom. The topological polar surface area (TPSA) is 29.9 Å². The van der Waals surface area contributed by atoms with E-state index < -0.39 is 0 Å². The first-order valence-electron chi connectivity index (χ1n) is 6.55. The van der Waals surface area contributed by atoms with Crippen LogP contribution in [0.15, 0.2) is 30.5 Å². The molecule has 0 aliphatic carbocycles. The third kappa shape index (κ3) is 3.13. The summed E-state index contributed by atoms with van der Waals surface area (Å²) in [6.45, 7) is 8.22. The number of aryl methyl sites for hydroxylation is 1. The van der Waals surface area contributed by atoms with E-state index in [1.54, 1.807) is 0 Å². The van der Waals surface area contributed by atoms with Gasteiger partial charge in [-0.25, -0.2) is 9.37 Å². The molecule has 0 saturated heterocycles. The van der Waals surface area contributed by atoms with Gasteiger partial charge in [0.25, 0.3) is 0 Å². The summed E-state index contributed by atoms with van der Waals surface area (Å²) >= 11 is 0. The largest absolute Gasteiger partial charge is 0.353 e. The zero-order valence-corrected chi connectivity index (χ0v) is 11.8. The van der Waals surface area contributed by atoms with Crippen LogP contribution in [-0.4, -0.2) is 15.6 Å². The van der Waals surface area contributed by atoms with Crippen molar-refractivity contribution in [2.45, 2.75) is 39.8 Å². The maximum Gasteiger partial charge on any atom is 0.203 e. The summed E-state index contributed by atoms with van der Waals surface area (Å²) < 4.78 is 15.1. The van der Waals surface area contributed by atoms with Gasteiger partial charge in [-0.2, -0.15) is 0 Å². The van der Waals surface area contributed by atoms with Crippen LogP contribution in [0.4, 0.5) is 10.3 Å². The van der Waals surface area contributed by atoms with Crippen molar-refractivity contribution in [3.05, 3.63) is 47.5 Å². The summed E-state index contributed by atoms with van der Waals surface area (Å²) in [4.78, 5) is 4.49. The molecule has 102 valence electrons. The first-order valence-corrected chi connectivity index (χ1v) is 6.55. The van der Waals surface area contributed by atoms with Crippen LogP contribution in [0.5, 0.6) is 0 Å². The molecule has 0 aliphatic rings. The fraction of sp³-hybridized carbons (Fsp3) is 0.400. The van der Waals surface area contributed by atoms with Crippen LogP contribution in [0.2, 0.25) is 0 Å². The van der Waals surface area contributed by atoms with Crippen molar-refractivity contribution in [2.24, 2.45) is 0 Å². The van der Waals surface area contributed by atoms with Crippen molar-refractivity contribution in [2.75, 3.05) is 5.32 Å². The van der Waals surface area contributed by atoms with Crippen LogP contribution in [0.3, 0.4) is 0 Å². The van der Waals surface area contributed by atoms with E-state index in [4.69, 9.17) is 0 Å². The maximum atomic E-state index is 13.0. The Morgan fingerprint density at radius 1 is 1.16 bits per heavy atom. The summed E-state index contributed by atoms with van der Waals surface area (Å²) in [5, 5.41) is 3.33. The van der Waals surface area contributed by atoms with Crippen LogP contribution >= 0.6 is 0 Å². The molecule has 0 radical (unpaired) electrons. The molecule has 0 fully saturated rings. The van der Waals surface area contributed by atoms with Crippen molar-refractivity contribution in [3.63, 3.8) is 0 Å². The Balaban J connectivity index is 2.32. The lowest BCUT2D eigenvalue weighted by Crippen LogP contribution is -2.16. The summed E-state index contributed by atoms with van der Waals surface area (Å²) in [6, 6.07) is 7.04. The fourth-order valence-electron chi connectivity index (χ4n) is 2.08. The quantitative estimate of drug-likeness (QED) is 0.908. The molecule has 1 unspecified atom stereocenters. The monoisotopic (exact) mass is 261 g/mol. The SMILES string of the molecule is Cc1cn(C(C)c2ccc(F)cc2)c(NC(C)C)n1. The van der Waals surface area contributed by atoms with Crippen molar-refractivity contribution in [3.8, 4) is 0 Å². The van der Waals surface area contributed by atoms with Gasteiger partial charge in [-0.05, 0) is 45.4 Å². The molecule has 2 aromatic rings. The van der Waals surface area contributed by atoms with Crippen LogP contribution in [0, 0.1) is 12.7 Å². The van der Waals surface area contributed by atoms with E-state index in [9.17, 15) is 4.39 Å². The molecule has 0 spiro atoms. The van der Waals surface area contributed by atoms with Crippen LogP contribution in [-0.2, 0) is 0 Å². The molecule has 4 heteroatoms. The van der Waals surface area contributed by atoms with Gasteiger partial charge >= 0.3 is 0 Å². The molecule has 1 aromatic heterocycles. The van der Waals surface area contributed by atoms with Gasteiger partial charge in [-0.3, -0.25) is 0 Å². The zero-order chi connectivity index (χ0) is 14.0. The zero-order valence-electron chi connectivity index (χ0n) is 11.8. The number of anilines is 1. The second-order valence-electron chi connectivity index (χ2n) is 5.14. The second-order valence-corrected chi connectivity index (χ2v) is 5.14. The molecule has 0 saturated carbocycles. The lowest BCUT2D eigenvalue weighted by molar-refractivity contribution is 0.615. The number of halogens is 1. The van der Waals surface area contributed by atoms with Crippen molar-refractivity contribution in [1.82, 2.24) is 9.55 Å². The summed E-state index contributed by atoms with van der Waals surface area (Å²) in [5.74, 6) is 0.641. The van der Waals surface area contributed by atoms with E-state index in [2.05, 4.69) is 35.6 Å². The van der Waals surface area contributed by atoms with E-state index >= 15 is 0 Å². The van der Waals surface area contributed by atoms with Crippen LogP contribution < -0.4 is 5.32 Å². The predicted octanol–water partition coefficient (Wildman–Crippen LogP) is 3.76. The standard InChI is InChI=1S/C15H20FN3/c1-10(2)17-15-18-11(3)9-19(15)12(4)13-5-7-14(16)8-6-13/h5-10,12H,1-4H3,(H,17,18). The van der Waals surface area contributed by atoms with Gasteiger partial charge in [0.1, 0.15) is 5.82 Å². The number of benzene rings is 1. The van der Waals surface area contributed by atoms with Gasteiger partial charge in [-0.1, -0.05) is 12.1 Å². The highest BCUT2D eigenvalue weighted by atomic mass is 19.1. The lowest BCUT2D eigenvalue weighted by atomic mass is 10.1. The number of rotatable bonds is 4. The van der Waals surface area contributed by atoms with Crippen molar-refractivity contribution < 1.29 is 4.39 Å². The average Bonchev–Trinajstić information content (AvgIpc) is 2.69. The number of aromatic nitrogens is 2. The summed E-state index contributed by atoms with van der Waals surface area (Å²) in [5.41, 5.74) is 2.03. The van der Waals surface area contributed by atoms with E-state index in [-0.39, 0.29) is 11.9 Å². The van der Waals surface area contributed by atoms with Crippen LogP contribution in [0.1, 0.15) is 38.1 Å². The molecule has 0 aliphatic heterocycles. The first-order chi connectivity index (χ1) is 8.97. The molecule has 3 nitrogen and oxygen atoms in total. The molecule has 1 atom stereocenters. The minimum atomic E-state index is -0.210. The van der Waals surface area contributed by atoms with E-state index in [0.29, 0.717) is 6.04 Å². The summed E-state index contributed by atoms with van der Waals surface area (Å²) in [7, 11) is 0. The van der Waals surface area contributed by atoms with Gasteiger partial charge < -0.3 is 9.88 Å². The Kier molecular flexibility index (Phi) is 3.88. The van der Waals surface area contributed by atoms with Gasteiger partial charge in [0.2, 0.25) is 5.95 Å². The van der Waals surface area contributed by atoms with E-state index in [1.807, 2.05) is 25.3 Å². The Labute approximate surface area is 113 Å². The van der Waals surface area contributed by atoms with Gasteiger partial charge in [0.05, 0.1) is 11.7 Å². The molecule has 1 heterocycles. The minimum Gasteiger partial charge on any atom is -0.353 e. The number of nitrogens with zero attached hydrogens (tertiary/aromatic N) is 2. The van der Waals surface area contributed by atoms with Crippen LogP contribution in [0.25, 0.3) is 0 Å². The fourth-order valence-corrected chi connectivity index (χ4v) is 2.08. The Hall–Kier alpha value is -1.84. The third-order valence-electron chi connectivity index (χ3n) is 3.04. The van der Waals surface area contributed by atoms with Gasteiger partial charge in [-0.15, -0.1) is 0 Å². The molecular weight excluding hydrogens is 241 g/mol. The number of hydrogen-bond acceptors (Lipinski definition) is 2. The van der Waals surface area contributed by atoms with Crippen molar-refractivity contribution in [1.29, 1.82) is 0 Å². The Bertz CT molecular complexity index is 543. The molecule has 0 bridgehead atoms. The molecule has 1 N–H and O–H groups in total. The lowest BCUT2D eigenvalue weighted by Gasteiger charge is -2.18. The maximum absolute atomic E-state index is 13.0. The normalized spacial score (nSPS) is 12.7. The third-order valence-corrected chi connectivity index (χ3v) is 3.04. The summed E-state index contributed by atoms with van der Waals surface area (Å²) in [6.07, 6.45) is 2.01. The highest BCUT2D eigenvalue weighted by Crippen LogP contribution is 2.23. The molecular formula is C15H20FN3. The Morgan fingerprint density at radius 3 is 2.37 bits per heavy atom. The van der Waals surface area contributed by atoms with Gasteiger partial charge in [0, 0.05) is 12.2 Å². The highest BCUT2D eigenvalue weighted by molar-refractivity contribution is 5.33. The number of hydrogen-bond donors (Lipinski definition) is 1. The average molecular weight is 261 g/mol. The highest BCUT2D eigenvalue weighted by Gasteiger charge is 2.14. The second kappa shape index (κ2) is 5.43. The number of imidazole rings is 1.